The van der Waals surface area contributed by atoms with Crippen LogP contribution in [0.4, 0.5) is 0 Å². The van der Waals surface area contributed by atoms with Crippen molar-refractivity contribution in [3.05, 3.63) is 36.5 Å². The van der Waals surface area contributed by atoms with Gasteiger partial charge in [0.1, 0.15) is 19.3 Å². The van der Waals surface area contributed by atoms with Crippen LogP contribution in [-0.4, -0.2) is 96.7 Å². The number of esters is 4. The van der Waals surface area contributed by atoms with Gasteiger partial charge in [0.2, 0.25) is 0 Å². The van der Waals surface area contributed by atoms with Crippen LogP contribution < -0.4 is 0 Å². The standard InChI is InChI=1S/C75H140O17P2/c1-5-9-13-17-21-25-29-33-34-38-42-46-50-54-58-62-75(80)92-71(66-86-73(78)60-56-52-48-44-40-36-31-27-23-19-15-11-7-3)68-90-94(83,84)88-64-69(76)63-87-93(81,82)89-67-70(91-74(79)61-57-53-49-45-41-37-32-28-24-20-16-12-8-4)65-85-72(77)59-55-51-47-43-39-35-30-26-22-18-14-10-6-2/h21,25-26,30,33-34,69-71,76H,5-20,22-24,27-29,31-32,35-68H2,1-4H3,(H,81,82)(H,83,84)/b25-21-,30-26-,34-33-/t69-,70+,71+/m0/s1. The van der Waals surface area contributed by atoms with Gasteiger partial charge in [-0.05, 0) is 83.5 Å². The first-order chi connectivity index (χ1) is 45.7. The highest BCUT2D eigenvalue weighted by Crippen LogP contribution is 2.45. The van der Waals surface area contributed by atoms with E-state index in [1.54, 1.807) is 0 Å². The summed E-state index contributed by atoms with van der Waals surface area (Å²) in [5.41, 5.74) is 0. The number of carbonyl (C=O) groups is 4. The van der Waals surface area contributed by atoms with E-state index < -0.39 is 97.5 Å². The Balaban J connectivity index is 5.31. The number of carbonyl (C=O) groups excluding carboxylic acids is 4. The Morgan fingerprint density at radius 1 is 0.298 bits per heavy atom. The van der Waals surface area contributed by atoms with Crippen molar-refractivity contribution in [1.82, 2.24) is 0 Å². The molecule has 0 aliphatic carbocycles. The van der Waals surface area contributed by atoms with Gasteiger partial charge in [-0.25, -0.2) is 9.13 Å². The van der Waals surface area contributed by atoms with Crippen LogP contribution in [0.5, 0.6) is 0 Å². The third-order valence-corrected chi connectivity index (χ3v) is 18.5. The van der Waals surface area contributed by atoms with Gasteiger partial charge in [0.25, 0.3) is 0 Å². The minimum Gasteiger partial charge on any atom is -0.462 e. The van der Waals surface area contributed by atoms with E-state index in [-0.39, 0.29) is 25.7 Å². The molecular weight excluding hydrogens is 1230 g/mol. The fraction of sp³-hybridized carbons (Fsp3) is 0.867. The lowest BCUT2D eigenvalue weighted by atomic mass is 10.0. The second-order valence-corrected chi connectivity index (χ2v) is 28.9. The lowest BCUT2D eigenvalue weighted by Crippen LogP contribution is -2.30. The van der Waals surface area contributed by atoms with E-state index in [4.69, 9.17) is 37.0 Å². The average molecular weight is 1380 g/mol. The highest BCUT2D eigenvalue weighted by atomic mass is 31.2. The maximum Gasteiger partial charge on any atom is 0.472 e. The van der Waals surface area contributed by atoms with E-state index in [2.05, 4.69) is 64.2 Å². The molecule has 0 radical (unpaired) electrons. The highest BCUT2D eigenvalue weighted by Gasteiger charge is 2.30. The quantitative estimate of drug-likeness (QED) is 0.0169. The van der Waals surface area contributed by atoms with Gasteiger partial charge in [-0.1, -0.05) is 289 Å². The lowest BCUT2D eigenvalue weighted by molar-refractivity contribution is -0.161. The van der Waals surface area contributed by atoms with Gasteiger partial charge in [-0.2, -0.15) is 0 Å². The summed E-state index contributed by atoms with van der Waals surface area (Å²) >= 11 is 0. The number of hydrogen-bond acceptors (Lipinski definition) is 15. The van der Waals surface area contributed by atoms with Crippen LogP contribution in [0.3, 0.4) is 0 Å². The van der Waals surface area contributed by atoms with Gasteiger partial charge >= 0.3 is 39.5 Å². The van der Waals surface area contributed by atoms with Crippen molar-refractivity contribution in [2.24, 2.45) is 0 Å². The molecule has 5 atom stereocenters. The van der Waals surface area contributed by atoms with E-state index in [0.717, 1.165) is 128 Å². The minimum atomic E-state index is -4.96. The zero-order valence-electron chi connectivity index (χ0n) is 60.2. The Kier molecular flexibility index (Phi) is 66.8. The molecule has 0 saturated carbocycles. The van der Waals surface area contributed by atoms with Crippen molar-refractivity contribution in [3.63, 3.8) is 0 Å². The Labute approximate surface area is 573 Å². The van der Waals surface area contributed by atoms with Crippen LogP contribution in [0, 0.1) is 0 Å². The number of aliphatic hydroxyl groups is 1. The first kappa shape index (κ1) is 91.3. The van der Waals surface area contributed by atoms with Crippen molar-refractivity contribution in [3.8, 4) is 0 Å². The molecule has 0 aliphatic rings. The molecule has 0 saturated heterocycles. The number of aliphatic hydroxyl groups excluding tert-OH is 1. The van der Waals surface area contributed by atoms with E-state index >= 15 is 0 Å². The Hall–Kier alpha value is -2.72. The van der Waals surface area contributed by atoms with E-state index in [9.17, 15) is 43.2 Å². The van der Waals surface area contributed by atoms with Gasteiger partial charge in [0.15, 0.2) is 12.2 Å². The van der Waals surface area contributed by atoms with Crippen molar-refractivity contribution >= 4 is 39.5 Å². The third-order valence-electron chi connectivity index (χ3n) is 16.6. The summed E-state index contributed by atoms with van der Waals surface area (Å²) in [4.78, 5) is 72.7. The number of ether oxygens (including phenoxy) is 4. The first-order valence-corrected chi connectivity index (χ1v) is 41.2. The van der Waals surface area contributed by atoms with Crippen molar-refractivity contribution in [1.29, 1.82) is 0 Å². The molecule has 0 spiro atoms. The minimum absolute atomic E-state index is 0.0861. The SMILES string of the molecule is CCCCC/C=C\C/C=C\CCCCCCCC(=O)O[C@H](COC(=O)CCCCCCCCCCCCCCC)COP(=O)(O)OC[C@@H](O)COP(=O)(O)OC[C@@H](COC(=O)CCCCCCC/C=C\CCCCCC)OC(=O)CCCCCCCCCCCCCCC. The molecule has 19 heteroatoms. The molecule has 3 N–H and O–H groups in total. The maximum atomic E-state index is 13.1. The predicted octanol–water partition coefficient (Wildman–Crippen LogP) is 21.6. The van der Waals surface area contributed by atoms with Gasteiger partial charge in [-0.15, -0.1) is 0 Å². The van der Waals surface area contributed by atoms with Gasteiger partial charge in [0.05, 0.1) is 26.4 Å². The van der Waals surface area contributed by atoms with Crippen LogP contribution in [0.2, 0.25) is 0 Å². The van der Waals surface area contributed by atoms with Crippen molar-refractivity contribution in [2.45, 2.75) is 380 Å². The van der Waals surface area contributed by atoms with Crippen LogP contribution in [0.1, 0.15) is 362 Å². The number of rotatable bonds is 73. The number of hydrogen-bond donors (Lipinski definition) is 3. The third kappa shape index (κ3) is 67.8. The van der Waals surface area contributed by atoms with Crippen LogP contribution in [-0.2, 0) is 65.4 Å². The summed E-state index contributed by atoms with van der Waals surface area (Å²) in [5, 5.41) is 10.6. The van der Waals surface area contributed by atoms with Gasteiger partial charge < -0.3 is 33.8 Å². The van der Waals surface area contributed by atoms with Gasteiger partial charge in [-0.3, -0.25) is 37.3 Å². The highest BCUT2D eigenvalue weighted by molar-refractivity contribution is 7.47. The second kappa shape index (κ2) is 68.8. The van der Waals surface area contributed by atoms with Crippen LogP contribution in [0.25, 0.3) is 0 Å². The summed E-state index contributed by atoms with van der Waals surface area (Å²) in [6.45, 7) is 4.88. The molecule has 0 aromatic rings. The Bertz CT molecular complexity index is 1930. The Morgan fingerprint density at radius 2 is 0.521 bits per heavy atom. The Morgan fingerprint density at radius 3 is 0.830 bits per heavy atom. The smallest absolute Gasteiger partial charge is 0.462 e. The average Bonchev–Trinajstić information content (AvgIpc) is 2.26. The topological polar surface area (TPSA) is 237 Å². The number of unbranched alkanes of at least 4 members (excludes halogenated alkanes) is 41. The second-order valence-electron chi connectivity index (χ2n) is 26.0. The molecule has 0 heterocycles. The van der Waals surface area contributed by atoms with E-state index in [1.807, 2.05) is 0 Å². The molecule has 0 amide bonds. The molecule has 0 bridgehead atoms. The molecule has 94 heavy (non-hydrogen) atoms. The predicted molar refractivity (Wildman–Crippen MR) is 381 cm³/mol. The number of allylic oxidation sites excluding steroid dienone is 6. The molecule has 0 aliphatic heterocycles. The molecule has 17 nitrogen and oxygen atoms in total. The summed E-state index contributed by atoms with van der Waals surface area (Å²) in [6.07, 6.45) is 62.7. The van der Waals surface area contributed by atoms with Crippen LogP contribution >= 0.6 is 15.6 Å². The van der Waals surface area contributed by atoms with Gasteiger partial charge in [0, 0.05) is 25.7 Å². The molecule has 0 rings (SSSR count). The summed E-state index contributed by atoms with van der Waals surface area (Å²) in [5.74, 6) is -2.16. The number of phosphoric ester groups is 2. The first-order valence-electron chi connectivity index (χ1n) is 38.2. The number of phosphoric acid groups is 2. The molecule has 0 aromatic heterocycles. The van der Waals surface area contributed by atoms with Crippen molar-refractivity contribution < 1.29 is 80.2 Å². The van der Waals surface area contributed by atoms with E-state index in [1.165, 1.54) is 154 Å². The molecule has 552 valence electrons. The molecular formula is C75H140O17P2. The monoisotopic (exact) mass is 1370 g/mol. The molecule has 2 unspecified atom stereocenters. The summed E-state index contributed by atoms with van der Waals surface area (Å²) in [6, 6.07) is 0. The fourth-order valence-corrected chi connectivity index (χ4v) is 12.3. The van der Waals surface area contributed by atoms with Crippen molar-refractivity contribution in [2.75, 3.05) is 39.6 Å². The maximum absolute atomic E-state index is 13.1. The summed E-state index contributed by atoms with van der Waals surface area (Å²) < 4.78 is 68.4. The van der Waals surface area contributed by atoms with Crippen LogP contribution in [0.15, 0.2) is 36.5 Å². The largest absolute Gasteiger partial charge is 0.472 e. The zero-order valence-corrected chi connectivity index (χ0v) is 61.9. The molecule has 0 fully saturated rings. The molecule has 0 aromatic carbocycles. The van der Waals surface area contributed by atoms with E-state index in [0.29, 0.717) is 25.7 Å². The lowest BCUT2D eigenvalue weighted by Gasteiger charge is -2.21. The zero-order chi connectivity index (χ0) is 69.0. The summed E-state index contributed by atoms with van der Waals surface area (Å²) in [7, 11) is -9.93. The normalized spacial score (nSPS) is 14.2. The fourth-order valence-electron chi connectivity index (χ4n) is 10.7.